The number of Topliss-reactive ketones (excluding diaryl/α,β-unsaturated/α-hetero) is 1. The van der Waals surface area contributed by atoms with E-state index in [0.29, 0.717) is 19.5 Å². The van der Waals surface area contributed by atoms with Gasteiger partial charge in [0.2, 0.25) is 0 Å². The van der Waals surface area contributed by atoms with Crippen molar-refractivity contribution >= 4 is 17.4 Å². The topological polar surface area (TPSA) is 70.4 Å². The highest BCUT2D eigenvalue weighted by Crippen LogP contribution is 2.16. The fourth-order valence-corrected chi connectivity index (χ4v) is 1.90. The lowest BCUT2D eigenvalue weighted by Crippen LogP contribution is -2.29. The van der Waals surface area contributed by atoms with E-state index in [9.17, 15) is 9.59 Å². The number of nitriles is 1. The van der Waals surface area contributed by atoms with Gasteiger partial charge in [-0.05, 0) is 31.5 Å². The molecular formula is C16H20N2O3. The fourth-order valence-electron chi connectivity index (χ4n) is 1.90. The third kappa shape index (κ3) is 6.57. The molecule has 0 amide bonds. The van der Waals surface area contributed by atoms with Gasteiger partial charge in [0.15, 0.2) is 0 Å². The normalized spacial score (nSPS) is 9.76. The molecule has 0 bridgehead atoms. The molecule has 0 unspecified atom stereocenters. The van der Waals surface area contributed by atoms with Crippen molar-refractivity contribution in [3.05, 3.63) is 29.8 Å². The zero-order valence-corrected chi connectivity index (χ0v) is 12.5. The Morgan fingerprint density at radius 1 is 1.33 bits per heavy atom. The SMILES string of the molecule is CC(=O)CC(=O)OCCN(CCC#N)c1cccc(C)c1. The zero-order chi connectivity index (χ0) is 15.7. The quantitative estimate of drug-likeness (QED) is 0.542. The number of ketones is 1. The van der Waals surface area contributed by atoms with E-state index < -0.39 is 5.97 Å². The van der Waals surface area contributed by atoms with Gasteiger partial charge in [0.25, 0.3) is 0 Å². The van der Waals surface area contributed by atoms with Gasteiger partial charge in [-0.1, -0.05) is 12.1 Å². The number of aryl methyl sites for hydroxylation is 1. The minimum atomic E-state index is -0.507. The molecule has 1 aromatic carbocycles. The summed E-state index contributed by atoms with van der Waals surface area (Å²) in [4.78, 5) is 24.1. The molecule has 112 valence electrons. The third-order valence-corrected chi connectivity index (χ3v) is 2.88. The number of esters is 1. The van der Waals surface area contributed by atoms with Gasteiger partial charge in [-0.3, -0.25) is 9.59 Å². The molecule has 1 aromatic rings. The average molecular weight is 288 g/mol. The molecule has 0 aromatic heterocycles. The summed E-state index contributed by atoms with van der Waals surface area (Å²) in [5.74, 6) is -0.716. The largest absolute Gasteiger partial charge is 0.463 e. The van der Waals surface area contributed by atoms with Crippen LogP contribution in [-0.4, -0.2) is 31.4 Å². The Balaban J connectivity index is 2.57. The molecule has 0 saturated heterocycles. The molecule has 0 N–H and O–H groups in total. The van der Waals surface area contributed by atoms with Crippen molar-refractivity contribution in [1.29, 1.82) is 5.26 Å². The lowest BCUT2D eigenvalue weighted by molar-refractivity contribution is -0.145. The van der Waals surface area contributed by atoms with E-state index in [1.807, 2.05) is 36.1 Å². The maximum Gasteiger partial charge on any atom is 0.313 e. The summed E-state index contributed by atoms with van der Waals surface area (Å²) in [5.41, 5.74) is 2.12. The van der Waals surface area contributed by atoms with Crippen molar-refractivity contribution < 1.29 is 14.3 Å². The van der Waals surface area contributed by atoms with Crippen LogP contribution >= 0.6 is 0 Å². The summed E-state index contributed by atoms with van der Waals surface area (Å²) in [6, 6.07) is 10.0. The van der Waals surface area contributed by atoms with Gasteiger partial charge in [0.1, 0.15) is 18.8 Å². The highest BCUT2D eigenvalue weighted by molar-refractivity contribution is 5.94. The second kappa shape index (κ2) is 8.75. The second-order valence-electron chi connectivity index (χ2n) is 4.83. The number of ether oxygens (including phenoxy) is 1. The Kier molecular flexibility index (Phi) is 6.96. The van der Waals surface area contributed by atoms with Gasteiger partial charge in [-0.2, -0.15) is 5.26 Å². The van der Waals surface area contributed by atoms with E-state index in [2.05, 4.69) is 6.07 Å². The maximum absolute atomic E-state index is 11.3. The number of nitrogens with zero attached hydrogens (tertiary/aromatic N) is 2. The highest BCUT2D eigenvalue weighted by Gasteiger charge is 2.10. The Bertz CT molecular complexity index is 535. The Morgan fingerprint density at radius 2 is 2.10 bits per heavy atom. The van der Waals surface area contributed by atoms with E-state index in [-0.39, 0.29) is 18.8 Å². The number of carbonyl (C=O) groups excluding carboxylic acids is 2. The van der Waals surface area contributed by atoms with Crippen molar-refractivity contribution in [3.63, 3.8) is 0 Å². The number of hydrogen-bond acceptors (Lipinski definition) is 5. The van der Waals surface area contributed by atoms with Gasteiger partial charge in [-0.25, -0.2) is 0 Å². The van der Waals surface area contributed by atoms with Gasteiger partial charge >= 0.3 is 5.97 Å². The van der Waals surface area contributed by atoms with Crippen LogP contribution in [0.3, 0.4) is 0 Å². The van der Waals surface area contributed by atoms with Crippen molar-refractivity contribution in [3.8, 4) is 6.07 Å². The summed E-state index contributed by atoms with van der Waals surface area (Å²) < 4.78 is 5.03. The Labute approximate surface area is 125 Å². The molecule has 0 saturated carbocycles. The number of hydrogen-bond donors (Lipinski definition) is 0. The molecule has 0 radical (unpaired) electrons. The first-order valence-corrected chi connectivity index (χ1v) is 6.86. The third-order valence-electron chi connectivity index (χ3n) is 2.88. The van der Waals surface area contributed by atoms with Gasteiger partial charge in [0, 0.05) is 12.2 Å². The predicted octanol–water partition coefficient (Wildman–Crippen LogP) is 2.24. The molecule has 5 nitrogen and oxygen atoms in total. The summed E-state index contributed by atoms with van der Waals surface area (Å²) in [5, 5.41) is 8.73. The molecule has 0 atom stereocenters. The van der Waals surface area contributed by atoms with Crippen LogP contribution in [0.25, 0.3) is 0 Å². The van der Waals surface area contributed by atoms with E-state index >= 15 is 0 Å². The lowest BCUT2D eigenvalue weighted by Gasteiger charge is -2.24. The smallest absolute Gasteiger partial charge is 0.313 e. The van der Waals surface area contributed by atoms with Crippen molar-refractivity contribution in [2.45, 2.75) is 26.7 Å². The number of anilines is 1. The summed E-state index contributed by atoms with van der Waals surface area (Å²) in [6.45, 7) is 4.62. The first kappa shape index (κ1) is 16.7. The molecule has 1 rings (SSSR count). The first-order chi connectivity index (χ1) is 10.0. The zero-order valence-electron chi connectivity index (χ0n) is 12.5. The Morgan fingerprint density at radius 3 is 2.71 bits per heavy atom. The van der Waals surface area contributed by atoms with Crippen LogP contribution in [0.4, 0.5) is 5.69 Å². The average Bonchev–Trinajstić information content (AvgIpc) is 2.41. The first-order valence-electron chi connectivity index (χ1n) is 6.86. The minimum Gasteiger partial charge on any atom is -0.463 e. The highest BCUT2D eigenvalue weighted by atomic mass is 16.5. The molecule has 5 heteroatoms. The molecule has 0 fully saturated rings. The lowest BCUT2D eigenvalue weighted by atomic mass is 10.2. The monoisotopic (exact) mass is 288 g/mol. The van der Waals surface area contributed by atoms with Crippen molar-refractivity contribution in [1.82, 2.24) is 0 Å². The molecule has 21 heavy (non-hydrogen) atoms. The van der Waals surface area contributed by atoms with Crippen LogP contribution in [-0.2, 0) is 14.3 Å². The summed E-state index contributed by atoms with van der Waals surface area (Å²) in [6.07, 6.45) is 0.206. The second-order valence-corrected chi connectivity index (χ2v) is 4.83. The van der Waals surface area contributed by atoms with Crippen LogP contribution in [0.15, 0.2) is 24.3 Å². The van der Waals surface area contributed by atoms with Crippen LogP contribution in [0.5, 0.6) is 0 Å². The maximum atomic E-state index is 11.3. The standard InChI is InChI=1S/C16H20N2O3/c1-13-5-3-6-15(11-13)18(8-4-7-17)9-10-21-16(20)12-14(2)19/h3,5-6,11H,4,8-10,12H2,1-2H3. The predicted molar refractivity (Wildman–Crippen MR) is 79.9 cm³/mol. The Hall–Kier alpha value is -2.35. The molecule has 0 aliphatic heterocycles. The van der Waals surface area contributed by atoms with Crippen LogP contribution < -0.4 is 4.90 Å². The summed E-state index contributed by atoms with van der Waals surface area (Å²) in [7, 11) is 0. The molecule has 0 aliphatic carbocycles. The number of benzene rings is 1. The van der Waals surface area contributed by atoms with Gasteiger partial charge in [-0.15, -0.1) is 0 Å². The van der Waals surface area contributed by atoms with E-state index in [0.717, 1.165) is 11.3 Å². The van der Waals surface area contributed by atoms with Crippen LogP contribution in [0.2, 0.25) is 0 Å². The van der Waals surface area contributed by atoms with Gasteiger partial charge < -0.3 is 9.64 Å². The van der Waals surface area contributed by atoms with E-state index in [1.54, 1.807) is 0 Å². The van der Waals surface area contributed by atoms with Gasteiger partial charge in [0.05, 0.1) is 19.0 Å². The molecular weight excluding hydrogens is 268 g/mol. The number of carbonyl (C=O) groups is 2. The van der Waals surface area contributed by atoms with Crippen LogP contribution in [0, 0.1) is 18.3 Å². The summed E-state index contributed by atoms with van der Waals surface area (Å²) >= 11 is 0. The fraction of sp³-hybridized carbons (Fsp3) is 0.438. The molecule has 0 spiro atoms. The van der Waals surface area contributed by atoms with E-state index in [1.165, 1.54) is 6.92 Å². The van der Waals surface area contributed by atoms with Crippen molar-refractivity contribution in [2.24, 2.45) is 0 Å². The van der Waals surface area contributed by atoms with Crippen LogP contribution in [0.1, 0.15) is 25.3 Å². The minimum absolute atomic E-state index is 0.192. The number of rotatable bonds is 8. The van der Waals surface area contributed by atoms with Crippen molar-refractivity contribution in [2.75, 3.05) is 24.6 Å². The molecule has 0 heterocycles. The van der Waals surface area contributed by atoms with E-state index in [4.69, 9.17) is 10.00 Å². The molecule has 0 aliphatic rings.